The number of hydrogen-bond acceptors (Lipinski definition) is 4. The number of aromatic nitrogens is 2. The molecule has 4 heteroatoms. The number of aryl methyl sites for hydroxylation is 1. The van der Waals surface area contributed by atoms with E-state index in [0.717, 1.165) is 24.7 Å². The summed E-state index contributed by atoms with van der Waals surface area (Å²) >= 11 is 0. The minimum atomic E-state index is 0.409. The molecule has 0 aliphatic heterocycles. The first-order valence-electron chi connectivity index (χ1n) is 4.81. The largest absolute Gasteiger partial charge is 0.339 e. The topological polar surface area (TPSA) is 64.9 Å². The molecule has 0 saturated heterocycles. The molecule has 2 atom stereocenters. The van der Waals surface area contributed by atoms with Gasteiger partial charge in [-0.3, -0.25) is 0 Å². The van der Waals surface area contributed by atoms with Gasteiger partial charge in [-0.15, -0.1) is 0 Å². The van der Waals surface area contributed by atoms with Gasteiger partial charge in [0.05, 0.1) is 0 Å². The third-order valence-corrected chi connectivity index (χ3v) is 2.82. The summed E-state index contributed by atoms with van der Waals surface area (Å²) in [5.41, 5.74) is 5.68. The summed E-state index contributed by atoms with van der Waals surface area (Å²) in [5, 5.41) is 3.80. The second-order valence-corrected chi connectivity index (χ2v) is 3.71. The van der Waals surface area contributed by atoms with E-state index < -0.39 is 0 Å². The highest BCUT2D eigenvalue weighted by Crippen LogP contribution is 2.37. The average Bonchev–Trinajstić information content (AvgIpc) is 2.71. The summed E-state index contributed by atoms with van der Waals surface area (Å²) in [5.74, 6) is 2.45. The normalized spacial score (nSPS) is 28.2. The molecule has 4 nitrogen and oxygen atoms in total. The van der Waals surface area contributed by atoms with Crippen molar-refractivity contribution in [3.05, 3.63) is 11.7 Å². The molecule has 1 aliphatic rings. The van der Waals surface area contributed by atoms with E-state index in [4.69, 9.17) is 10.3 Å². The van der Waals surface area contributed by atoms with Gasteiger partial charge in [0.2, 0.25) is 5.89 Å². The van der Waals surface area contributed by atoms with Crippen LogP contribution in [0.2, 0.25) is 0 Å². The van der Waals surface area contributed by atoms with Gasteiger partial charge in [-0.1, -0.05) is 11.6 Å². The minimum Gasteiger partial charge on any atom is -0.339 e. The van der Waals surface area contributed by atoms with Crippen molar-refractivity contribution in [3.63, 3.8) is 0 Å². The number of hydrogen-bond donors (Lipinski definition) is 1. The molecule has 13 heavy (non-hydrogen) atoms. The van der Waals surface area contributed by atoms with Crippen LogP contribution in [0.25, 0.3) is 0 Å². The summed E-state index contributed by atoms with van der Waals surface area (Å²) in [6.45, 7) is 2.57. The number of nitrogens with zero attached hydrogens (tertiary/aromatic N) is 2. The van der Waals surface area contributed by atoms with Crippen LogP contribution in [-0.2, 0) is 0 Å². The molecule has 0 amide bonds. The van der Waals surface area contributed by atoms with Crippen LogP contribution >= 0.6 is 0 Å². The molecule has 0 bridgehead atoms. The zero-order valence-electron chi connectivity index (χ0n) is 7.86. The Morgan fingerprint density at radius 3 is 3.00 bits per heavy atom. The lowest BCUT2D eigenvalue weighted by Gasteiger charge is -2.12. The average molecular weight is 181 g/mol. The van der Waals surface area contributed by atoms with Crippen LogP contribution < -0.4 is 5.73 Å². The summed E-state index contributed by atoms with van der Waals surface area (Å²) in [6.07, 6.45) is 3.57. The van der Waals surface area contributed by atoms with Gasteiger partial charge in [-0.05, 0) is 32.2 Å². The van der Waals surface area contributed by atoms with E-state index in [9.17, 15) is 0 Å². The van der Waals surface area contributed by atoms with E-state index in [1.54, 1.807) is 0 Å². The first kappa shape index (κ1) is 8.69. The van der Waals surface area contributed by atoms with Crippen molar-refractivity contribution in [2.45, 2.75) is 32.1 Å². The maximum absolute atomic E-state index is 5.68. The van der Waals surface area contributed by atoms with Crippen LogP contribution in [0.1, 0.15) is 36.9 Å². The predicted molar refractivity (Wildman–Crippen MR) is 48.2 cm³/mol. The fraction of sp³-hybridized carbons (Fsp3) is 0.778. The fourth-order valence-corrected chi connectivity index (χ4v) is 2.11. The van der Waals surface area contributed by atoms with Gasteiger partial charge in [0.15, 0.2) is 5.82 Å². The third kappa shape index (κ3) is 1.58. The van der Waals surface area contributed by atoms with Crippen molar-refractivity contribution in [1.82, 2.24) is 10.1 Å². The van der Waals surface area contributed by atoms with Crippen LogP contribution in [-0.4, -0.2) is 16.7 Å². The maximum Gasteiger partial charge on any atom is 0.230 e. The van der Waals surface area contributed by atoms with Crippen molar-refractivity contribution >= 4 is 0 Å². The maximum atomic E-state index is 5.68. The van der Waals surface area contributed by atoms with Gasteiger partial charge < -0.3 is 10.3 Å². The zero-order valence-corrected chi connectivity index (χ0v) is 7.86. The zero-order chi connectivity index (χ0) is 9.26. The monoisotopic (exact) mass is 181 g/mol. The lowest BCUT2D eigenvalue weighted by Crippen LogP contribution is -2.17. The Labute approximate surface area is 77.5 Å². The first-order valence-corrected chi connectivity index (χ1v) is 4.81. The van der Waals surface area contributed by atoms with Crippen LogP contribution in [0.5, 0.6) is 0 Å². The van der Waals surface area contributed by atoms with Crippen molar-refractivity contribution in [1.29, 1.82) is 0 Å². The van der Waals surface area contributed by atoms with E-state index >= 15 is 0 Å². The van der Waals surface area contributed by atoms with Crippen molar-refractivity contribution in [2.75, 3.05) is 6.54 Å². The third-order valence-electron chi connectivity index (χ3n) is 2.82. The highest BCUT2D eigenvalue weighted by molar-refractivity contribution is 4.99. The Hall–Kier alpha value is -0.900. The van der Waals surface area contributed by atoms with E-state index in [0.29, 0.717) is 11.8 Å². The van der Waals surface area contributed by atoms with Gasteiger partial charge in [0.1, 0.15) is 0 Å². The Balaban J connectivity index is 2.15. The predicted octanol–water partition coefficient (Wildman–Crippen LogP) is 1.22. The molecule has 1 saturated carbocycles. The fourth-order valence-electron chi connectivity index (χ4n) is 2.11. The quantitative estimate of drug-likeness (QED) is 0.745. The molecule has 1 aromatic rings. The van der Waals surface area contributed by atoms with Crippen molar-refractivity contribution < 1.29 is 4.52 Å². The Kier molecular flexibility index (Phi) is 2.31. The summed E-state index contributed by atoms with van der Waals surface area (Å²) in [7, 11) is 0. The molecule has 2 unspecified atom stereocenters. The highest BCUT2D eigenvalue weighted by atomic mass is 16.5. The van der Waals surface area contributed by atoms with Crippen LogP contribution in [0.4, 0.5) is 0 Å². The molecular weight excluding hydrogens is 166 g/mol. The second kappa shape index (κ2) is 3.46. The standard InChI is InChI=1S/C9H15N3O/c1-6-11-9(13-12-6)8-4-2-3-7(8)5-10/h7-8H,2-5,10H2,1H3. The van der Waals surface area contributed by atoms with Gasteiger partial charge in [0.25, 0.3) is 0 Å². The Bertz CT molecular complexity index is 284. The molecule has 72 valence electrons. The lowest BCUT2D eigenvalue weighted by atomic mass is 9.96. The van der Waals surface area contributed by atoms with E-state index in [2.05, 4.69) is 10.1 Å². The van der Waals surface area contributed by atoms with Gasteiger partial charge in [-0.2, -0.15) is 4.98 Å². The number of nitrogens with two attached hydrogens (primary N) is 1. The van der Waals surface area contributed by atoms with Crippen LogP contribution in [0, 0.1) is 12.8 Å². The summed E-state index contributed by atoms with van der Waals surface area (Å²) < 4.78 is 5.16. The molecular formula is C9H15N3O. The molecule has 2 N–H and O–H groups in total. The summed E-state index contributed by atoms with van der Waals surface area (Å²) in [4.78, 5) is 4.26. The highest BCUT2D eigenvalue weighted by Gasteiger charge is 2.31. The Morgan fingerprint density at radius 2 is 2.38 bits per heavy atom. The molecule has 1 aromatic heterocycles. The first-order chi connectivity index (χ1) is 6.31. The second-order valence-electron chi connectivity index (χ2n) is 3.71. The molecule has 0 radical (unpaired) electrons. The van der Waals surface area contributed by atoms with Crippen LogP contribution in [0.15, 0.2) is 4.52 Å². The van der Waals surface area contributed by atoms with Gasteiger partial charge >= 0.3 is 0 Å². The smallest absolute Gasteiger partial charge is 0.230 e. The molecule has 2 rings (SSSR count). The van der Waals surface area contributed by atoms with Crippen LogP contribution in [0.3, 0.4) is 0 Å². The molecule has 0 spiro atoms. The Morgan fingerprint density at radius 1 is 1.54 bits per heavy atom. The molecule has 1 fully saturated rings. The molecule has 1 aliphatic carbocycles. The van der Waals surface area contributed by atoms with Crippen molar-refractivity contribution in [2.24, 2.45) is 11.7 Å². The van der Waals surface area contributed by atoms with E-state index in [1.165, 1.54) is 12.8 Å². The summed E-state index contributed by atoms with van der Waals surface area (Å²) in [6, 6.07) is 0. The van der Waals surface area contributed by atoms with E-state index in [1.807, 2.05) is 6.92 Å². The van der Waals surface area contributed by atoms with Gasteiger partial charge in [-0.25, -0.2) is 0 Å². The van der Waals surface area contributed by atoms with Crippen molar-refractivity contribution in [3.8, 4) is 0 Å². The van der Waals surface area contributed by atoms with Gasteiger partial charge in [0, 0.05) is 5.92 Å². The molecule has 0 aromatic carbocycles. The number of rotatable bonds is 2. The molecule has 1 heterocycles. The van der Waals surface area contributed by atoms with E-state index in [-0.39, 0.29) is 0 Å². The lowest BCUT2D eigenvalue weighted by molar-refractivity contribution is 0.324. The SMILES string of the molecule is Cc1noc(C2CCCC2CN)n1. The minimum absolute atomic E-state index is 0.409.